The van der Waals surface area contributed by atoms with Gasteiger partial charge in [0, 0.05) is 36.8 Å². The molecule has 0 radical (unpaired) electrons. The summed E-state index contributed by atoms with van der Waals surface area (Å²) in [4.78, 5) is 18.3. The summed E-state index contributed by atoms with van der Waals surface area (Å²) < 4.78 is 46.2. The van der Waals surface area contributed by atoms with E-state index in [0.29, 0.717) is 56.1 Å². The second kappa shape index (κ2) is 12.2. The quantitative estimate of drug-likeness (QED) is 0.292. The Bertz CT molecular complexity index is 1280. The van der Waals surface area contributed by atoms with Gasteiger partial charge in [-0.3, -0.25) is 9.78 Å². The summed E-state index contributed by atoms with van der Waals surface area (Å²) in [6.45, 7) is 2.17. The number of carboxylic acids is 1. The molecule has 6 nitrogen and oxygen atoms in total. The van der Waals surface area contributed by atoms with E-state index in [1.807, 2.05) is 18.2 Å². The molecular formula is C28H31ClF3N3O3. The molecule has 3 aromatic rings. The van der Waals surface area contributed by atoms with Crippen molar-refractivity contribution in [1.82, 2.24) is 9.88 Å². The van der Waals surface area contributed by atoms with Gasteiger partial charge in [-0.2, -0.15) is 0 Å². The van der Waals surface area contributed by atoms with Gasteiger partial charge >= 0.3 is 5.97 Å². The first-order valence-electron chi connectivity index (χ1n) is 12.6. The zero-order valence-electron chi connectivity index (χ0n) is 21.2. The Labute approximate surface area is 224 Å². The van der Waals surface area contributed by atoms with Crippen LogP contribution in [0.1, 0.15) is 37.7 Å². The standard InChI is InChI=1S/C28H31ClF3N3O3/c1-38-19-4-5-25-21(15-19)20(22(29)17-34-25)3-2-6-28(16-26(36)37)7-10-35(11-8-28)12-9-33-27-23(31)13-18(30)14-24(27)32/h4-5,13-15,17,33H,2-3,6-12,16H2,1H3,(H,36,37). The number of aromatic nitrogens is 1. The number of nitrogens with zero attached hydrogens (tertiary/aromatic N) is 2. The predicted molar refractivity (Wildman–Crippen MR) is 141 cm³/mol. The maximum Gasteiger partial charge on any atom is 0.303 e. The number of aliphatic carboxylic acids is 1. The Morgan fingerprint density at radius 3 is 2.55 bits per heavy atom. The molecule has 0 spiro atoms. The summed E-state index contributed by atoms with van der Waals surface area (Å²) in [5.74, 6) is -3.00. The summed E-state index contributed by atoms with van der Waals surface area (Å²) in [5, 5.41) is 13.8. The van der Waals surface area contributed by atoms with Crippen molar-refractivity contribution in [2.75, 3.05) is 38.6 Å². The molecule has 38 heavy (non-hydrogen) atoms. The summed E-state index contributed by atoms with van der Waals surface area (Å²) in [5.41, 5.74) is 1.12. The van der Waals surface area contributed by atoms with Crippen LogP contribution in [0.15, 0.2) is 36.5 Å². The highest BCUT2D eigenvalue weighted by Crippen LogP contribution is 2.40. The number of pyridine rings is 1. The molecule has 1 saturated heterocycles. The lowest BCUT2D eigenvalue weighted by molar-refractivity contribution is -0.140. The van der Waals surface area contributed by atoms with Crippen LogP contribution in [0.2, 0.25) is 5.02 Å². The minimum atomic E-state index is -0.970. The molecule has 2 aromatic carbocycles. The van der Waals surface area contributed by atoms with Crippen molar-refractivity contribution in [2.45, 2.75) is 38.5 Å². The van der Waals surface area contributed by atoms with Gasteiger partial charge in [0.25, 0.3) is 0 Å². The number of anilines is 1. The molecule has 1 aromatic heterocycles. The van der Waals surface area contributed by atoms with Crippen LogP contribution in [0, 0.1) is 22.9 Å². The number of piperidine rings is 1. The third-order valence-electron chi connectivity index (χ3n) is 7.45. The number of fused-ring (bicyclic) bond motifs is 1. The SMILES string of the molecule is COc1ccc2ncc(Cl)c(CCCC3(CC(=O)O)CCN(CCNc4c(F)cc(F)cc4F)CC3)c2c1. The second-order valence-corrected chi connectivity index (χ2v) is 10.3. The lowest BCUT2D eigenvalue weighted by Gasteiger charge is -2.41. The number of likely N-dealkylation sites (tertiary alicyclic amines) is 1. The van der Waals surface area contributed by atoms with Gasteiger partial charge in [-0.05, 0) is 74.4 Å². The minimum absolute atomic E-state index is 0.0870. The van der Waals surface area contributed by atoms with Crippen molar-refractivity contribution >= 4 is 34.2 Å². The predicted octanol–water partition coefficient (Wildman–Crippen LogP) is 6.31. The summed E-state index contributed by atoms with van der Waals surface area (Å²) in [6.07, 6.45) is 5.34. The summed E-state index contributed by atoms with van der Waals surface area (Å²) >= 11 is 6.50. The van der Waals surface area contributed by atoms with Crippen LogP contribution in [0.4, 0.5) is 18.9 Å². The monoisotopic (exact) mass is 549 g/mol. The van der Waals surface area contributed by atoms with Gasteiger partial charge < -0.3 is 20.1 Å². The Morgan fingerprint density at radius 2 is 1.89 bits per heavy atom. The molecular weight excluding hydrogens is 519 g/mol. The number of benzene rings is 2. The van der Waals surface area contributed by atoms with Crippen molar-refractivity contribution in [1.29, 1.82) is 0 Å². The molecule has 4 rings (SSSR count). The summed E-state index contributed by atoms with van der Waals surface area (Å²) in [6, 6.07) is 6.96. The fraction of sp³-hybridized carbons (Fsp3) is 0.429. The highest BCUT2D eigenvalue weighted by atomic mass is 35.5. The average molecular weight is 550 g/mol. The van der Waals surface area contributed by atoms with Gasteiger partial charge in [-0.1, -0.05) is 11.6 Å². The number of nitrogens with one attached hydrogen (secondary N) is 1. The molecule has 0 saturated carbocycles. The topological polar surface area (TPSA) is 74.7 Å². The molecule has 2 N–H and O–H groups in total. The van der Waals surface area contributed by atoms with Crippen LogP contribution in [0.25, 0.3) is 10.9 Å². The van der Waals surface area contributed by atoms with Gasteiger partial charge in [0.1, 0.15) is 17.3 Å². The molecule has 1 fully saturated rings. The number of ether oxygens (including phenoxy) is 1. The molecule has 10 heteroatoms. The number of carbonyl (C=O) groups is 1. The molecule has 0 atom stereocenters. The zero-order chi connectivity index (χ0) is 27.3. The van der Waals surface area contributed by atoms with Gasteiger partial charge in [0.2, 0.25) is 0 Å². The van der Waals surface area contributed by atoms with E-state index in [2.05, 4.69) is 15.2 Å². The molecule has 0 bridgehead atoms. The van der Waals surface area contributed by atoms with Crippen LogP contribution < -0.4 is 10.1 Å². The van der Waals surface area contributed by atoms with Crippen molar-refractivity contribution < 1.29 is 27.8 Å². The van der Waals surface area contributed by atoms with E-state index in [9.17, 15) is 23.1 Å². The van der Waals surface area contributed by atoms with Gasteiger partial charge in [0.15, 0.2) is 11.6 Å². The first kappa shape index (κ1) is 28.0. The highest BCUT2D eigenvalue weighted by molar-refractivity contribution is 6.32. The fourth-order valence-corrected chi connectivity index (χ4v) is 5.61. The van der Waals surface area contributed by atoms with Crippen molar-refractivity contribution in [3.8, 4) is 5.75 Å². The molecule has 0 amide bonds. The summed E-state index contributed by atoms with van der Waals surface area (Å²) in [7, 11) is 1.61. The number of hydrogen-bond donors (Lipinski definition) is 2. The van der Waals surface area contributed by atoms with E-state index in [0.717, 1.165) is 35.1 Å². The lowest BCUT2D eigenvalue weighted by Crippen LogP contribution is -2.43. The van der Waals surface area contributed by atoms with E-state index in [1.54, 1.807) is 13.3 Å². The highest BCUT2D eigenvalue weighted by Gasteiger charge is 2.36. The number of hydrogen-bond acceptors (Lipinski definition) is 5. The van der Waals surface area contributed by atoms with E-state index in [-0.39, 0.29) is 24.1 Å². The second-order valence-electron chi connectivity index (χ2n) is 9.90. The van der Waals surface area contributed by atoms with Crippen molar-refractivity contribution in [3.63, 3.8) is 0 Å². The Hall–Kier alpha value is -3.04. The largest absolute Gasteiger partial charge is 0.497 e. The van der Waals surface area contributed by atoms with E-state index >= 15 is 0 Å². The number of carboxylic acid groups (broad SMARTS) is 1. The first-order chi connectivity index (χ1) is 18.2. The number of methoxy groups -OCH3 is 1. The number of halogens is 4. The maximum atomic E-state index is 13.9. The molecule has 0 aliphatic carbocycles. The molecule has 204 valence electrons. The fourth-order valence-electron chi connectivity index (χ4n) is 5.36. The van der Waals surface area contributed by atoms with Crippen molar-refractivity contribution in [2.24, 2.45) is 5.41 Å². The van der Waals surface area contributed by atoms with Crippen LogP contribution in [-0.4, -0.2) is 54.2 Å². The lowest BCUT2D eigenvalue weighted by atomic mass is 9.72. The normalized spacial score (nSPS) is 15.5. The van der Waals surface area contributed by atoms with Crippen LogP contribution >= 0.6 is 11.6 Å². The average Bonchev–Trinajstić information content (AvgIpc) is 2.87. The van der Waals surface area contributed by atoms with Crippen LogP contribution in [0.3, 0.4) is 0 Å². The van der Waals surface area contributed by atoms with E-state index < -0.39 is 23.4 Å². The Morgan fingerprint density at radius 1 is 1.18 bits per heavy atom. The van der Waals surface area contributed by atoms with Gasteiger partial charge in [-0.15, -0.1) is 0 Å². The molecule has 1 aliphatic heterocycles. The number of aryl methyl sites for hydroxylation is 1. The first-order valence-corrected chi connectivity index (χ1v) is 13.0. The molecule has 0 unspecified atom stereocenters. The Balaban J connectivity index is 1.35. The van der Waals surface area contributed by atoms with Crippen LogP contribution in [0.5, 0.6) is 5.75 Å². The maximum absolute atomic E-state index is 13.9. The van der Waals surface area contributed by atoms with Gasteiger partial charge in [-0.25, -0.2) is 13.2 Å². The third-order valence-corrected chi connectivity index (χ3v) is 7.77. The zero-order valence-corrected chi connectivity index (χ0v) is 22.0. The van der Waals surface area contributed by atoms with E-state index in [1.165, 1.54) is 0 Å². The minimum Gasteiger partial charge on any atom is -0.497 e. The Kier molecular flexibility index (Phi) is 8.99. The number of rotatable bonds is 11. The smallest absolute Gasteiger partial charge is 0.303 e. The van der Waals surface area contributed by atoms with Gasteiger partial charge in [0.05, 0.1) is 24.1 Å². The van der Waals surface area contributed by atoms with E-state index in [4.69, 9.17) is 16.3 Å². The third kappa shape index (κ3) is 6.69. The van der Waals surface area contributed by atoms with Crippen LogP contribution in [-0.2, 0) is 11.2 Å². The molecule has 1 aliphatic rings. The van der Waals surface area contributed by atoms with Crippen molar-refractivity contribution in [3.05, 3.63) is 64.6 Å². The molecule has 2 heterocycles.